The van der Waals surface area contributed by atoms with Gasteiger partial charge in [0.1, 0.15) is 11.5 Å². The van der Waals surface area contributed by atoms with Crippen molar-refractivity contribution in [2.24, 2.45) is 0 Å². The van der Waals surface area contributed by atoms with E-state index < -0.39 is 5.92 Å². The van der Waals surface area contributed by atoms with Crippen LogP contribution >= 0.6 is 0 Å². The summed E-state index contributed by atoms with van der Waals surface area (Å²) in [6, 6.07) is 22.4. The van der Waals surface area contributed by atoms with Crippen LogP contribution in [0.4, 0.5) is 0 Å². The van der Waals surface area contributed by atoms with Crippen molar-refractivity contribution >= 4 is 0 Å². The number of rotatable bonds is 5. The van der Waals surface area contributed by atoms with E-state index in [-0.39, 0.29) is 11.1 Å². The molecule has 0 saturated heterocycles. The lowest BCUT2D eigenvalue weighted by molar-refractivity contribution is 0.476. The number of aromatic nitrogens is 4. The first kappa shape index (κ1) is 20.6. The minimum absolute atomic E-state index is 0.219. The molecule has 7 heteroatoms. The summed E-state index contributed by atoms with van der Waals surface area (Å²) in [5.74, 6) is 0.593. The van der Waals surface area contributed by atoms with Crippen molar-refractivity contribution in [1.29, 1.82) is 0 Å². The van der Waals surface area contributed by atoms with E-state index >= 15 is 0 Å². The van der Waals surface area contributed by atoms with E-state index in [9.17, 15) is 9.59 Å². The number of hydrogen-bond acceptors (Lipinski definition) is 3. The Morgan fingerprint density at radius 3 is 1.52 bits per heavy atom. The molecule has 3 aromatic heterocycles. The summed E-state index contributed by atoms with van der Waals surface area (Å²) in [5.41, 5.74) is 3.31. The summed E-state index contributed by atoms with van der Waals surface area (Å²) in [5, 5.41) is 6.35. The Bertz CT molecular complexity index is 1430. The van der Waals surface area contributed by atoms with E-state index in [0.29, 0.717) is 34.0 Å². The molecule has 0 atom stereocenters. The SMILES string of the molecule is Cc1ccc(C(c2c(C)[nH]n(-c3ccccc3)c2=O)c2c(C)[nH]n(-c3ccccc3)c2=O)o1. The van der Waals surface area contributed by atoms with Crippen molar-refractivity contribution in [3.05, 3.63) is 128 Å². The summed E-state index contributed by atoms with van der Waals surface area (Å²) in [7, 11) is 0. The van der Waals surface area contributed by atoms with Gasteiger partial charge in [-0.25, -0.2) is 9.36 Å². The van der Waals surface area contributed by atoms with Gasteiger partial charge in [-0.3, -0.25) is 19.8 Å². The number of aryl methyl sites for hydroxylation is 3. The smallest absolute Gasteiger partial charge is 0.275 e. The van der Waals surface area contributed by atoms with Gasteiger partial charge in [-0.1, -0.05) is 36.4 Å². The fraction of sp³-hybridized carbons (Fsp3) is 0.154. The van der Waals surface area contributed by atoms with Crippen molar-refractivity contribution in [1.82, 2.24) is 19.6 Å². The topological polar surface area (TPSA) is 88.7 Å². The first-order chi connectivity index (χ1) is 16.0. The van der Waals surface area contributed by atoms with Crippen LogP contribution in [0, 0.1) is 20.8 Å². The van der Waals surface area contributed by atoms with E-state index in [4.69, 9.17) is 4.42 Å². The van der Waals surface area contributed by atoms with Crippen molar-refractivity contribution in [2.75, 3.05) is 0 Å². The Kier molecular flexibility index (Phi) is 5.01. The predicted octanol–water partition coefficient (Wildman–Crippen LogP) is 4.34. The number of benzene rings is 2. The molecule has 0 aliphatic rings. The summed E-state index contributed by atoms with van der Waals surface area (Å²) in [6.45, 7) is 5.53. The molecule has 2 aromatic carbocycles. The third-order valence-corrected chi connectivity index (χ3v) is 5.89. The van der Waals surface area contributed by atoms with E-state index in [1.807, 2.05) is 93.6 Å². The van der Waals surface area contributed by atoms with Crippen LogP contribution in [-0.4, -0.2) is 19.6 Å². The van der Waals surface area contributed by atoms with Gasteiger partial charge in [0, 0.05) is 11.4 Å². The minimum Gasteiger partial charge on any atom is -0.465 e. The second-order valence-electron chi connectivity index (χ2n) is 8.13. The monoisotopic (exact) mass is 440 g/mol. The fourth-order valence-electron chi connectivity index (χ4n) is 4.35. The second kappa shape index (κ2) is 8.02. The van der Waals surface area contributed by atoms with Crippen LogP contribution < -0.4 is 11.1 Å². The molecule has 0 saturated carbocycles. The normalized spacial score (nSPS) is 11.4. The summed E-state index contributed by atoms with van der Waals surface area (Å²) >= 11 is 0. The molecule has 0 fully saturated rings. The highest BCUT2D eigenvalue weighted by Crippen LogP contribution is 2.33. The van der Waals surface area contributed by atoms with Crippen molar-refractivity contribution < 1.29 is 4.42 Å². The zero-order valence-corrected chi connectivity index (χ0v) is 18.6. The molecule has 0 aliphatic carbocycles. The number of hydrogen-bond donors (Lipinski definition) is 2. The van der Waals surface area contributed by atoms with E-state index in [1.54, 1.807) is 0 Å². The van der Waals surface area contributed by atoms with Crippen LogP contribution in [0.3, 0.4) is 0 Å². The lowest BCUT2D eigenvalue weighted by atomic mass is 9.89. The third-order valence-electron chi connectivity index (χ3n) is 5.89. The maximum Gasteiger partial charge on any atom is 0.275 e. The van der Waals surface area contributed by atoms with Gasteiger partial charge in [0.25, 0.3) is 11.1 Å². The molecule has 0 bridgehead atoms. The zero-order chi connectivity index (χ0) is 23.1. The zero-order valence-electron chi connectivity index (χ0n) is 18.6. The van der Waals surface area contributed by atoms with Gasteiger partial charge in [-0.15, -0.1) is 0 Å². The highest BCUT2D eigenvalue weighted by atomic mass is 16.3. The average Bonchev–Trinajstić information content (AvgIpc) is 3.47. The van der Waals surface area contributed by atoms with Gasteiger partial charge in [0.2, 0.25) is 0 Å². The van der Waals surface area contributed by atoms with E-state index in [0.717, 1.165) is 11.4 Å². The Hall–Kier alpha value is -4.26. The molecule has 7 nitrogen and oxygen atoms in total. The number of H-pyrrole nitrogens is 2. The molecule has 166 valence electrons. The van der Waals surface area contributed by atoms with Crippen LogP contribution in [0.2, 0.25) is 0 Å². The molecular formula is C26H24N4O3. The molecule has 0 aliphatic heterocycles. The van der Waals surface area contributed by atoms with Crippen molar-refractivity contribution in [2.45, 2.75) is 26.7 Å². The molecule has 0 amide bonds. The molecule has 5 rings (SSSR count). The molecular weight excluding hydrogens is 416 g/mol. The molecule has 3 heterocycles. The van der Waals surface area contributed by atoms with Crippen molar-refractivity contribution in [3.8, 4) is 11.4 Å². The summed E-state index contributed by atoms with van der Waals surface area (Å²) in [6.07, 6.45) is 0. The number of furan rings is 1. The number of nitrogens with one attached hydrogen (secondary N) is 2. The molecule has 5 aromatic rings. The largest absolute Gasteiger partial charge is 0.465 e. The maximum atomic E-state index is 13.7. The van der Waals surface area contributed by atoms with Gasteiger partial charge >= 0.3 is 0 Å². The second-order valence-corrected chi connectivity index (χ2v) is 8.13. The molecule has 2 N–H and O–H groups in total. The van der Waals surface area contributed by atoms with Crippen LogP contribution in [0.15, 0.2) is 86.8 Å². The Morgan fingerprint density at radius 1 is 0.667 bits per heavy atom. The van der Waals surface area contributed by atoms with Gasteiger partial charge in [0.05, 0.1) is 28.4 Å². The quantitative estimate of drug-likeness (QED) is 0.426. The minimum atomic E-state index is -0.666. The average molecular weight is 441 g/mol. The third kappa shape index (κ3) is 3.47. The van der Waals surface area contributed by atoms with Gasteiger partial charge in [0.15, 0.2) is 0 Å². The van der Waals surface area contributed by atoms with Crippen LogP contribution in [0.1, 0.15) is 40.0 Å². The Balaban J connectivity index is 1.76. The van der Waals surface area contributed by atoms with E-state index in [2.05, 4.69) is 10.2 Å². The van der Waals surface area contributed by atoms with Gasteiger partial charge in [-0.2, -0.15) is 0 Å². The standard InChI is InChI=1S/C26H24N4O3/c1-16-14-15-21(33-16)24(22-17(2)27-29(25(22)31)19-10-6-4-7-11-19)23-18(3)28-30(26(23)32)20-12-8-5-9-13-20/h4-15,24,27-28H,1-3H3. The first-order valence-corrected chi connectivity index (χ1v) is 10.8. The number of para-hydroxylation sites is 2. The molecule has 33 heavy (non-hydrogen) atoms. The Labute approximate surface area is 189 Å². The number of aromatic amines is 2. The number of nitrogens with zero attached hydrogens (tertiary/aromatic N) is 2. The molecule has 0 radical (unpaired) electrons. The highest BCUT2D eigenvalue weighted by molar-refractivity contribution is 5.45. The van der Waals surface area contributed by atoms with E-state index in [1.165, 1.54) is 9.36 Å². The molecule has 0 unspecified atom stereocenters. The van der Waals surface area contributed by atoms with Gasteiger partial charge < -0.3 is 4.42 Å². The first-order valence-electron chi connectivity index (χ1n) is 10.8. The van der Waals surface area contributed by atoms with Crippen LogP contribution in [0.5, 0.6) is 0 Å². The van der Waals surface area contributed by atoms with Crippen LogP contribution in [-0.2, 0) is 0 Å². The summed E-state index contributed by atoms with van der Waals surface area (Å²) < 4.78 is 8.99. The summed E-state index contributed by atoms with van der Waals surface area (Å²) in [4.78, 5) is 27.3. The molecule has 0 spiro atoms. The van der Waals surface area contributed by atoms with Gasteiger partial charge in [-0.05, 0) is 57.2 Å². The Morgan fingerprint density at radius 2 is 1.12 bits per heavy atom. The highest BCUT2D eigenvalue weighted by Gasteiger charge is 2.32. The predicted molar refractivity (Wildman–Crippen MR) is 127 cm³/mol. The lowest BCUT2D eigenvalue weighted by Gasteiger charge is -2.12. The fourth-order valence-corrected chi connectivity index (χ4v) is 4.35. The lowest BCUT2D eigenvalue weighted by Crippen LogP contribution is -2.25. The maximum absolute atomic E-state index is 13.7. The van der Waals surface area contributed by atoms with Crippen LogP contribution in [0.25, 0.3) is 11.4 Å². The van der Waals surface area contributed by atoms with Crippen molar-refractivity contribution in [3.63, 3.8) is 0 Å².